The van der Waals surface area contributed by atoms with E-state index < -0.39 is 23.9 Å². The average molecular weight is 265 g/mol. The highest BCUT2D eigenvalue weighted by Crippen LogP contribution is 2.38. The maximum Gasteiger partial charge on any atom is 0.499 e. The molecule has 0 saturated carbocycles. The molecule has 1 rings (SSSR count). The molecular formula is C8H3ClF6O. The van der Waals surface area contributed by atoms with E-state index in [0.29, 0.717) is 12.1 Å². The molecule has 0 radical (unpaired) electrons. The van der Waals surface area contributed by atoms with Gasteiger partial charge < -0.3 is 4.74 Å². The van der Waals surface area contributed by atoms with Crippen molar-refractivity contribution < 1.29 is 31.1 Å². The van der Waals surface area contributed by atoms with E-state index in [-0.39, 0.29) is 5.02 Å². The quantitative estimate of drug-likeness (QED) is 0.733. The molecule has 0 heterocycles. The Morgan fingerprint density at radius 3 is 2.06 bits per heavy atom. The molecule has 0 N–H and O–H groups in total. The zero-order valence-electron chi connectivity index (χ0n) is 7.29. The van der Waals surface area contributed by atoms with Crippen LogP contribution in [0.5, 0.6) is 5.75 Å². The molecule has 16 heavy (non-hydrogen) atoms. The molecule has 0 saturated heterocycles. The smallest absolute Gasteiger partial charge is 0.423 e. The minimum Gasteiger partial charge on any atom is -0.423 e. The lowest BCUT2D eigenvalue weighted by atomic mass is 10.3. The number of benzene rings is 1. The van der Waals surface area contributed by atoms with E-state index in [0.717, 1.165) is 6.07 Å². The zero-order chi connectivity index (χ0) is 12.6. The van der Waals surface area contributed by atoms with Crippen molar-refractivity contribution in [2.75, 3.05) is 0 Å². The Balaban J connectivity index is 2.97. The second-order valence-electron chi connectivity index (χ2n) is 2.69. The van der Waals surface area contributed by atoms with Gasteiger partial charge in [0.05, 0.1) is 0 Å². The molecule has 8 heteroatoms. The fourth-order valence-corrected chi connectivity index (χ4v) is 0.913. The van der Waals surface area contributed by atoms with Gasteiger partial charge in [-0.05, 0) is 18.2 Å². The fraction of sp³-hybridized carbons (Fsp3) is 0.250. The van der Waals surface area contributed by atoms with Gasteiger partial charge in [0.15, 0.2) is 11.6 Å². The highest BCUT2D eigenvalue weighted by Gasteiger charge is 2.61. The molecule has 0 amide bonds. The summed E-state index contributed by atoms with van der Waals surface area (Å²) in [6.07, 6.45) is -11.4. The van der Waals surface area contributed by atoms with Gasteiger partial charge in [-0.15, -0.1) is 0 Å². The molecule has 0 aliphatic heterocycles. The second kappa shape index (κ2) is 4.04. The van der Waals surface area contributed by atoms with Crippen molar-refractivity contribution in [1.29, 1.82) is 0 Å². The van der Waals surface area contributed by atoms with Gasteiger partial charge in [-0.3, -0.25) is 0 Å². The Hall–Kier alpha value is -1.11. The lowest BCUT2D eigenvalue weighted by molar-refractivity contribution is -0.361. The molecule has 0 aliphatic rings. The van der Waals surface area contributed by atoms with Crippen molar-refractivity contribution in [3.05, 3.63) is 29.0 Å². The maximum absolute atomic E-state index is 12.9. The van der Waals surface area contributed by atoms with Crippen LogP contribution in [0.1, 0.15) is 0 Å². The summed E-state index contributed by atoms with van der Waals surface area (Å²) in [6, 6.07) is 2.06. The first-order valence-electron chi connectivity index (χ1n) is 3.72. The summed E-state index contributed by atoms with van der Waals surface area (Å²) in [5.74, 6) is -2.64. The molecule has 0 bridgehead atoms. The molecule has 0 aliphatic carbocycles. The van der Waals surface area contributed by atoms with Crippen LogP contribution in [0.4, 0.5) is 26.3 Å². The Bertz CT molecular complexity index is 389. The van der Waals surface area contributed by atoms with Gasteiger partial charge in [0.2, 0.25) is 0 Å². The summed E-state index contributed by atoms with van der Waals surface area (Å²) in [7, 11) is 0. The maximum atomic E-state index is 12.9. The third kappa shape index (κ3) is 2.72. The van der Waals surface area contributed by atoms with Gasteiger partial charge in [-0.1, -0.05) is 11.6 Å². The Morgan fingerprint density at radius 1 is 1.06 bits per heavy atom. The van der Waals surface area contributed by atoms with Crippen molar-refractivity contribution in [2.24, 2.45) is 0 Å². The number of halogens is 7. The van der Waals surface area contributed by atoms with E-state index in [2.05, 4.69) is 4.74 Å². The molecule has 0 atom stereocenters. The molecule has 0 fully saturated rings. The van der Waals surface area contributed by atoms with Gasteiger partial charge in [0.25, 0.3) is 0 Å². The summed E-state index contributed by atoms with van der Waals surface area (Å²) in [5, 5.41) is -0.153. The van der Waals surface area contributed by atoms with Crippen LogP contribution in [0.2, 0.25) is 5.02 Å². The topological polar surface area (TPSA) is 9.23 Å². The van der Waals surface area contributed by atoms with Gasteiger partial charge in [0, 0.05) is 5.02 Å². The number of hydrogen-bond acceptors (Lipinski definition) is 1. The molecular weight excluding hydrogens is 262 g/mol. The van der Waals surface area contributed by atoms with Crippen LogP contribution >= 0.6 is 11.6 Å². The van der Waals surface area contributed by atoms with Crippen LogP contribution in [0, 0.1) is 5.82 Å². The number of alkyl halides is 5. The summed E-state index contributed by atoms with van der Waals surface area (Å²) in [4.78, 5) is 0. The SMILES string of the molecule is Fc1cc(Cl)ccc1OC(F)(F)C(F)(F)F. The lowest BCUT2D eigenvalue weighted by Crippen LogP contribution is -2.42. The highest BCUT2D eigenvalue weighted by atomic mass is 35.5. The van der Waals surface area contributed by atoms with Gasteiger partial charge >= 0.3 is 12.3 Å². The van der Waals surface area contributed by atoms with E-state index in [4.69, 9.17) is 11.6 Å². The average Bonchev–Trinajstić information content (AvgIpc) is 2.08. The fourth-order valence-electron chi connectivity index (χ4n) is 0.754. The molecule has 0 unspecified atom stereocenters. The monoisotopic (exact) mass is 264 g/mol. The van der Waals surface area contributed by atoms with Crippen molar-refractivity contribution in [1.82, 2.24) is 0 Å². The number of hydrogen-bond donors (Lipinski definition) is 0. The molecule has 1 aromatic carbocycles. The van der Waals surface area contributed by atoms with Crippen LogP contribution in [-0.2, 0) is 0 Å². The third-order valence-corrected chi connectivity index (χ3v) is 1.70. The largest absolute Gasteiger partial charge is 0.499 e. The Morgan fingerprint density at radius 2 is 1.62 bits per heavy atom. The first-order valence-corrected chi connectivity index (χ1v) is 4.10. The lowest BCUT2D eigenvalue weighted by Gasteiger charge is -2.20. The van der Waals surface area contributed by atoms with Crippen LogP contribution in [0.25, 0.3) is 0 Å². The van der Waals surface area contributed by atoms with Crippen LogP contribution in [0.15, 0.2) is 18.2 Å². The summed E-state index contributed by atoms with van der Waals surface area (Å²) >= 11 is 5.27. The molecule has 1 aromatic rings. The van der Waals surface area contributed by atoms with Crippen LogP contribution in [-0.4, -0.2) is 12.3 Å². The van der Waals surface area contributed by atoms with Gasteiger partial charge in [0.1, 0.15) is 0 Å². The number of ether oxygens (including phenoxy) is 1. The van der Waals surface area contributed by atoms with Crippen molar-refractivity contribution in [3.63, 3.8) is 0 Å². The second-order valence-corrected chi connectivity index (χ2v) is 3.13. The molecule has 0 spiro atoms. The molecule has 90 valence electrons. The van der Waals surface area contributed by atoms with E-state index >= 15 is 0 Å². The first kappa shape index (κ1) is 13.0. The van der Waals surface area contributed by atoms with Gasteiger partial charge in [-0.25, -0.2) is 4.39 Å². The highest BCUT2D eigenvalue weighted by molar-refractivity contribution is 6.30. The van der Waals surface area contributed by atoms with Crippen LogP contribution < -0.4 is 4.74 Å². The summed E-state index contributed by atoms with van der Waals surface area (Å²) in [5.41, 5.74) is 0. The third-order valence-electron chi connectivity index (χ3n) is 1.46. The van der Waals surface area contributed by atoms with Crippen molar-refractivity contribution in [2.45, 2.75) is 12.3 Å². The van der Waals surface area contributed by atoms with Crippen molar-refractivity contribution in [3.8, 4) is 5.75 Å². The molecule has 1 nitrogen and oxygen atoms in total. The van der Waals surface area contributed by atoms with Crippen LogP contribution in [0.3, 0.4) is 0 Å². The Labute approximate surface area is 90.6 Å². The van der Waals surface area contributed by atoms with Crippen molar-refractivity contribution >= 4 is 11.6 Å². The van der Waals surface area contributed by atoms with E-state index in [1.807, 2.05) is 0 Å². The Kier molecular flexibility index (Phi) is 3.27. The summed E-state index contributed by atoms with van der Waals surface area (Å²) in [6.45, 7) is 0. The zero-order valence-corrected chi connectivity index (χ0v) is 8.04. The number of rotatable bonds is 2. The first-order chi connectivity index (χ1) is 7.13. The molecule has 0 aromatic heterocycles. The van der Waals surface area contributed by atoms with E-state index in [1.165, 1.54) is 0 Å². The minimum absolute atomic E-state index is 0.153. The minimum atomic E-state index is -5.92. The van der Waals surface area contributed by atoms with E-state index in [1.54, 1.807) is 0 Å². The summed E-state index contributed by atoms with van der Waals surface area (Å²) < 4.78 is 75.9. The predicted molar refractivity (Wildman–Crippen MR) is 43.0 cm³/mol. The van der Waals surface area contributed by atoms with E-state index in [9.17, 15) is 26.3 Å². The standard InChI is InChI=1S/C8H3ClF6O/c9-4-1-2-6(5(10)3-4)16-8(14,15)7(11,12)13/h1-3H. The normalized spacial score (nSPS) is 12.7. The van der Waals surface area contributed by atoms with Gasteiger partial charge in [-0.2, -0.15) is 22.0 Å². The predicted octanol–water partition coefficient (Wildman–Crippen LogP) is 4.01.